The van der Waals surface area contributed by atoms with E-state index in [1.165, 1.54) is 23.1 Å². The predicted octanol–water partition coefficient (Wildman–Crippen LogP) is 3.63. The molecule has 0 aliphatic carbocycles. The highest BCUT2D eigenvalue weighted by Gasteiger charge is 2.45. The van der Waals surface area contributed by atoms with Crippen LogP contribution in [0, 0.1) is 11.8 Å². The molecular formula is C23H22ClN5O2S. The van der Waals surface area contributed by atoms with Gasteiger partial charge in [-0.15, -0.1) is 11.3 Å². The minimum atomic E-state index is -1.32. The van der Waals surface area contributed by atoms with Crippen LogP contribution in [-0.2, 0) is 15.8 Å². The van der Waals surface area contributed by atoms with Gasteiger partial charge in [-0.1, -0.05) is 29.5 Å². The molecule has 4 heterocycles. The molecule has 9 heteroatoms. The molecule has 0 bridgehead atoms. The fourth-order valence-corrected chi connectivity index (χ4v) is 5.25. The third-order valence-corrected chi connectivity index (χ3v) is 7.32. The maximum absolute atomic E-state index is 10.7. The highest BCUT2D eigenvalue weighted by molar-refractivity contribution is 7.09. The number of nitrogens with two attached hydrogens (primary N) is 1. The SMILES string of the molecule is C[C@](O)(C#Cc1ccc2c(c1)N(c1nc(N)ncc1Cl)CC21CCOCC1)c1nccs1. The van der Waals surface area contributed by atoms with E-state index in [9.17, 15) is 5.11 Å². The van der Waals surface area contributed by atoms with Gasteiger partial charge in [0.1, 0.15) is 10.0 Å². The fraction of sp³-hybridized carbons (Fsp3) is 0.348. The van der Waals surface area contributed by atoms with Crippen LogP contribution in [0.25, 0.3) is 0 Å². The first-order valence-electron chi connectivity index (χ1n) is 10.3. The summed E-state index contributed by atoms with van der Waals surface area (Å²) in [7, 11) is 0. The van der Waals surface area contributed by atoms with Crippen LogP contribution in [0.3, 0.4) is 0 Å². The maximum Gasteiger partial charge on any atom is 0.222 e. The second-order valence-corrected chi connectivity index (χ2v) is 9.57. The van der Waals surface area contributed by atoms with E-state index in [-0.39, 0.29) is 11.4 Å². The van der Waals surface area contributed by atoms with Gasteiger partial charge in [0.15, 0.2) is 11.4 Å². The Hall–Kier alpha value is -2.70. The molecule has 32 heavy (non-hydrogen) atoms. The zero-order valence-corrected chi connectivity index (χ0v) is 19.1. The second kappa shape index (κ2) is 8.01. The Labute approximate surface area is 195 Å². The third kappa shape index (κ3) is 3.71. The van der Waals surface area contributed by atoms with Gasteiger partial charge in [0.05, 0.1) is 6.20 Å². The van der Waals surface area contributed by atoms with Crippen LogP contribution in [0.4, 0.5) is 17.5 Å². The van der Waals surface area contributed by atoms with Crippen molar-refractivity contribution >= 4 is 40.4 Å². The zero-order chi connectivity index (χ0) is 22.3. The number of rotatable bonds is 2. The number of nitrogens with zero attached hydrogens (tertiary/aromatic N) is 4. The van der Waals surface area contributed by atoms with E-state index in [0.717, 1.165) is 30.6 Å². The van der Waals surface area contributed by atoms with Crippen LogP contribution < -0.4 is 10.6 Å². The largest absolute Gasteiger partial charge is 0.381 e. The first kappa shape index (κ1) is 21.2. The number of aliphatic hydroxyl groups is 1. The van der Waals surface area contributed by atoms with E-state index in [0.29, 0.717) is 29.1 Å². The second-order valence-electron chi connectivity index (χ2n) is 8.27. The van der Waals surface area contributed by atoms with Gasteiger partial charge in [0.2, 0.25) is 5.95 Å². The van der Waals surface area contributed by atoms with Gasteiger partial charge >= 0.3 is 0 Å². The molecule has 5 rings (SSSR count). The Bertz CT molecular complexity index is 1210. The van der Waals surface area contributed by atoms with Crippen molar-refractivity contribution in [2.75, 3.05) is 30.4 Å². The van der Waals surface area contributed by atoms with Crippen LogP contribution in [0.15, 0.2) is 36.0 Å². The standard InChI is InChI=1S/C23H22ClN5O2S/c1-22(30,20-26-8-11-32-20)5-4-15-2-3-16-18(12-15)29(14-23(16)6-9-31-10-7-23)19-17(24)13-27-21(25)28-19/h2-3,8,11-13,30H,6-7,9-10,14H2,1H3,(H2,25,27,28)/t22-/m0/s1. The fourth-order valence-electron chi connectivity index (χ4n) is 4.40. The summed E-state index contributed by atoms with van der Waals surface area (Å²) in [6, 6.07) is 6.15. The topological polar surface area (TPSA) is 97.4 Å². The van der Waals surface area contributed by atoms with Crippen molar-refractivity contribution in [3.05, 3.63) is 57.1 Å². The van der Waals surface area contributed by atoms with Crippen molar-refractivity contribution in [1.29, 1.82) is 0 Å². The van der Waals surface area contributed by atoms with Crippen LogP contribution in [0.5, 0.6) is 0 Å². The van der Waals surface area contributed by atoms with Crippen molar-refractivity contribution in [1.82, 2.24) is 15.0 Å². The first-order valence-corrected chi connectivity index (χ1v) is 11.6. The lowest BCUT2D eigenvalue weighted by molar-refractivity contribution is 0.0558. The Morgan fingerprint density at radius 3 is 2.88 bits per heavy atom. The van der Waals surface area contributed by atoms with E-state index < -0.39 is 5.60 Å². The molecule has 2 aliphatic rings. The number of fused-ring (bicyclic) bond motifs is 2. The number of benzene rings is 1. The lowest BCUT2D eigenvalue weighted by atomic mass is 9.76. The summed E-state index contributed by atoms with van der Waals surface area (Å²) >= 11 is 7.85. The van der Waals surface area contributed by atoms with E-state index in [1.807, 2.05) is 17.5 Å². The average molecular weight is 468 g/mol. The van der Waals surface area contributed by atoms with Crippen LogP contribution in [-0.4, -0.2) is 39.8 Å². The summed E-state index contributed by atoms with van der Waals surface area (Å²) in [4.78, 5) is 14.7. The summed E-state index contributed by atoms with van der Waals surface area (Å²) in [5.41, 5.74) is 7.51. The van der Waals surface area contributed by atoms with E-state index in [2.05, 4.69) is 37.8 Å². The van der Waals surface area contributed by atoms with Gasteiger partial charge in [-0.2, -0.15) is 4.98 Å². The number of thiazole rings is 1. The zero-order valence-electron chi connectivity index (χ0n) is 17.5. The van der Waals surface area contributed by atoms with Gasteiger partial charge in [-0.25, -0.2) is 9.97 Å². The molecule has 3 N–H and O–H groups in total. The van der Waals surface area contributed by atoms with Crippen LogP contribution in [0.1, 0.15) is 35.9 Å². The van der Waals surface area contributed by atoms with Gasteiger partial charge in [0.25, 0.3) is 0 Å². The molecule has 1 saturated heterocycles. The lowest BCUT2D eigenvalue weighted by Gasteiger charge is -2.34. The summed E-state index contributed by atoms with van der Waals surface area (Å²) in [5.74, 6) is 6.84. The Kier molecular flexibility index (Phi) is 5.30. The van der Waals surface area contributed by atoms with E-state index >= 15 is 0 Å². The Morgan fingerprint density at radius 1 is 1.31 bits per heavy atom. The number of hydrogen-bond acceptors (Lipinski definition) is 8. The number of ether oxygens (including phenoxy) is 1. The number of halogens is 1. The molecule has 0 radical (unpaired) electrons. The molecule has 2 aliphatic heterocycles. The first-order chi connectivity index (χ1) is 15.4. The number of aromatic nitrogens is 3. The molecule has 0 amide bonds. The van der Waals surface area contributed by atoms with Crippen molar-refractivity contribution < 1.29 is 9.84 Å². The summed E-state index contributed by atoms with van der Waals surface area (Å²) < 4.78 is 5.64. The Morgan fingerprint density at radius 2 is 2.12 bits per heavy atom. The minimum absolute atomic E-state index is 0.0467. The smallest absolute Gasteiger partial charge is 0.222 e. The molecule has 7 nitrogen and oxygen atoms in total. The molecule has 1 aromatic carbocycles. The van der Waals surface area contributed by atoms with Gasteiger partial charge in [-0.05, 0) is 37.5 Å². The maximum atomic E-state index is 10.7. The van der Waals surface area contributed by atoms with Gasteiger partial charge < -0.3 is 20.5 Å². The lowest BCUT2D eigenvalue weighted by Crippen LogP contribution is -2.37. The van der Waals surface area contributed by atoms with Crippen molar-refractivity contribution in [3.8, 4) is 11.8 Å². The average Bonchev–Trinajstić information content (AvgIpc) is 3.43. The quantitative estimate of drug-likeness (QED) is 0.555. The normalized spacial score (nSPS) is 18.7. The Balaban J connectivity index is 1.58. The summed E-state index contributed by atoms with van der Waals surface area (Å²) in [6.07, 6.45) is 5.02. The number of anilines is 3. The van der Waals surface area contributed by atoms with E-state index in [4.69, 9.17) is 22.1 Å². The molecule has 1 fully saturated rings. The molecule has 1 atom stereocenters. The molecule has 3 aromatic rings. The molecule has 164 valence electrons. The monoisotopic (exact) mass is 467 g/mol. The highest BCUT2D eigenvalue weighted by atomic mass is 35.5. The van der Waals surface area contributed by atoms with Crippen molar-refractivity contribution in [2.45, 2.75) is 30.8 Å². The van der Waals surface area contributed by atoms with Crippen molar-refractivity contribution in [3.63, 3.8) is 0 Å². The summed E-state index contributed by atoms with van der Waals surface area (Å²) in [5, 5.41) is 13.6. The van der Waals surface area contributed by atoms with Crippen molar-refractivity contribution in [2.24, 2.45) is 0 Å². The number of nitrogen functional groups attached to an aromatic ring is 1. The van der Waals surface area contributed by atoms with E-state index in [1.54, 1.807) is 13.1 Å². The van der Waals surface area contributed by atoms with Gasteiger partial charge in [-0.3, -0.25) is 0 Å². The molecular weight excluding hydrogens is 446 g/mol. The molecule has 1 spiro atoms. The molecule has 0 saturated carbocycles. The number of hydrogen-bond donors (Lipinski definition) is 2. The molecule has 0 unspecified atom stereocenters. The summed E-state index contributed by atoms with van der Waals surface area (Å²) in [6.45, 7) is 3.81. The van der Waals surface area contributed by atoms with Gasteiger partial charge in [0, 0.05) is 48.0 Å². The van der Waals surface area contributed by atoms with Crippen LogP contribution in [0.2, 0.25) is 5.02 Å². The predicted molar refractivity (Wildman–Crippen MR) is 125 cm³/mol. The molecule has 2 aromatic heterocycles. The van der Waals surface area contributed by atoms with Crippen LogP contribution >= 0.6 is 22.9 Å². The minimum Gasteiger partial charge on any atom is -0.381 e. The third-order valence-electron chi connectivity index (χ3n) is 6.07. The highest BCUT2D eigenvalue weighted by Crippen LogP contribution is 2.50.